The van der Waals surface area contributed by atoms with Gasteiger partial charge in [-0.1, -0.05) is 0 Å². The molecule has 246 valence electrons. The highest BCUT2D eigenvalue weighted by Crippen LogP contribution is 2.52. The first-order chi connectivity index (χ1) is 22.0. The molecule has 0 fully saturated rings. The van der Waals surface area contributed by atoms with Gasteiger partial charge in [0.1, 0.15) is 0 Å². The van der Waals surface area contributed by atoms with E-state index in [1.54, 1.807) is 24.3 Å². The minimum absolute atomic E-state index is 0.0722. The lowest BCUT2D eigenvalue weighted by Gasteiger charge is -2.17. The Morgan fingerprint density at radius 2 is 0.674 bits per heavy atom. The van der Waals surface area contributed by atoms with Crippen LogP contribution in [0.25, 0.3) is 11.1 Å². The second kappa shape index (κ2) is 14.1. The van der Waals surface area contributed by atoms with E-state index in [9.17, 15) is 30.6 Å². The van der Waals surface area contributed by atoms with Crippen molar-refractivity contribution in [1.29, 1.82) is 0 Å². The summed E-state index contributed by atoms with van der Waals surface area (Å²) in [6.07, 6.45) is 1.07. The van der Waals surface area contributed by atoms with Gasteiger partial charge in [-0.15, -0.1) is 0 Å². The van der Waals surface area contributed by atoms with E-state index in [2.05, 4.69) is 0 Å². The predicted molar refractivity (Wildman–Crippen MR) is 169 cm³/mol. The zero-order valence-electron chi connectivity index (χ0n) is 26.4. The molecule has 0 aliphatic carbocycles. The first-order valence-corrected chi connectivity index (χ1v) is 14.1. The van der Waals surface area contributed by atoms with Crippen LogP contribution in [0.15, 0.2) is 36.4 Å². The number of hydrogen-bond donors (Lipinski definition) is 6. The fraction of sp³-hybridized carbons (Fsp3) is 0.294. The molecule has 4 rings (SSSR count). The Morgan fingerprint density at radius 3 is 0.935 bits per heavy atom. The van der Waals surface area contributed by atoms with Crippen LogP contribution in [0.1, 0.15) is 22.3 Å². The van der Waals surface area contributed by atoms with Gasteiger partial charge in [0, 0.05) is 11.1 Å². The van der Waals surface area contributed by atoms with E-state index in [1.807, 2.05) is 0 Å². The van der Waals surface area contributed by atoms with Crippen LogP contribution in [0, 0.1) is 0 Å². The standard InChI is InChI=1S/C34H38O12/c1-41-23-11-17(12-24(42-2)33(23)45-5)7-9-19-15-21(29(37)31(39)27(19)35)22-16-20(28(36)32(40)30(22)38)10-8-18-13-25(43-3)34(46-6)26(14-18)44-4/h11-16,35-40H,7-10H2,1-6H3. The highest BCUT2D eigenvalue weighted by molar-refractivity contribution is 5.84. The average Bonchev–Trinajstić information content (AvgIpc) is 3.08. The van der Waals surface area contributed by atoms with E-state index < -0.39 is 34.5 Å². The highest BCUT2D eigenvalue weighted by atomic mass is 16.5. The van der Waals surface area contributed by atoms with Gasteiger partial charge in [-0.3, -0.25) is 0 Å². The van der Waals surface area contributed by atoms with E-state index in [1.165, 1.54) is 54.8 Å². The second-order valence-electron chi connectivity index (χ2n) is 10.3. The summed E-state index contributed by atoms with van der Waals surface area (Å²) in [6.45, 7) is 0. The number of benzene rings is 4. The molecule has 0 aliphatic heterocycles. The lowest BCUT2D eigenvalue weighted by molar-refractivity contribution is 0.323. The Morgan fingerprint density at radius 1 is 0.370 bits per heavy atom. The van der Waals surface area contributed by atoms with Crippen molar-refractivity contribution in [3.8, 4) is 80.1 Å². The van der Waals surface area contributed by atoms with Gasteiger partial charge in [0.15, 0.2) is 46.0 Å². The van der Waals surface area contributed by atoms with Crippen molar-refractivity contribution >= 4 is 0 Å². The number of aromatic hydroxyl groups is 6. The summed E-state index contributed by atoms with van der Waals surface area (Å²) >= 11 is 0. The van der Waals surface area contributed by atoms with E-state index in [4.69, 9.17) is 28.4 Å². The molecule has 0 bridgehead atoms. The van der Waals surface area contributed by atoms with E-state index >= 15 is 0 Å². The molecule has 4 aromatic rings. The van der Waals surface area contributed by atoms with Crippen molar-refractivity contribution < 1.29 is 59.1 Å². The first-order valence-electron chi connectivity index (χ1n) is 14.1. The first kappa shape index (κ1) is 33.4. The number of methoxy groups -OCH3 is 6. The molecule has 0 unspecified atom stereocenters. The number of phenolic OH excluding ortho intramolecular Hbond substituents is 6. The lowest BCUT2D eigenvalue weighted by atomic mass is 9.93. The maximum atomic E-state index is 10.8. The molecular formula is C34H38O12. The van der Waals surface area contributed by atoms with E-state index in [0.717, 1.165) is 11.1 Å². The Hall–Kier alpha value is -5.52. The summed E-state index contributed by atoms with van der Waals surface area (Å²) in [5.41, 5.74) is 1.87. The molecule has 0 aliphatic rings. The minimum Gasteiger partial charge on any atom is -0.504 e. The minimum atomic E-state index is -0.802. The Balaban J connectivity index is 1.70. The molecular weight excluding hydrogens is 600 g/mol. The molecule has 46 heavy (non-hydrogen) atoms. The van der Waals surface area contributed by atoms with Crippen LogP contribution < -0.4 is 28.4 Å². The molecule has 12 heteroatoms. The second-order valence-corrected chi connectivity index (χ2v) is 10.3. The SMILES string of the molecule is COc1cc(CCc2cc(-c3cc(CCc4cc(OC)c(OC)c(OC)c4)c(O)c(O)c3O)c(O)c(O)c2O)cc(OC)c1OC. The molecule has 0 aromatic heterocycles. The fourth-order valence-corrected chi connectivity index (χ4v) is 5.31. The lowest BCUT2D eigenvalue weighted by Crippen LogP contribution is -2.00. The van der Waals surface area contributed by atoms with Crippen LogP contribution in [0.4, 0.5) is 0 Å². The van der Waals surface area contributed by atoms with Crippen molar-refractivity contribution in [3.05, 3.63) is 58.7 Å². The third kappa shape index (κ3) is 6.32. The van der Waals surface area contributed by atoms with Crippen molar-refractivity contribution in [2.75, 3.05) is 42.7 Å². The molecule has 4 aromatic carbocycles. The molecule has 0 atom stereocenters. The monoisotopic (exact) mass is 638 g/mol. The summed E-state index contributed by atoms with van der Waals surface area (Å²) in [6, 6.07) is 9.81. The maximum absolute atomic E-state index is 10.8. The number of hydrogen-bond acceptors (Lipinski definition) is 12. The molecule has 0 radical (unpaired) electrons. The Kier molecular flexibility index (Phi) is 10.2. The number of rotatable bonds is 13. The quantitative estimate of drug-likeness (QED) is 0.106. The van der Waals surface area contributed by atoms with Gasteiger partial charge in [0.2, 0.25) is 23.0 Å². The zero-order valence-corrected chi connectivity index (χ0v) is 26.4. The Labute approximate surface area is 266 Å². The average molecular weight is 639 g/mol. The fourth-order valence-electron chi connectivity index (χ4n) is 5.31. The molecule has 0 saturated carbocycles. The third-order valence-electron chi connectivity index (χ3n) is 7.76. The smallest absolute Gasteiger partial charge is 0.203 e. The van der Waals surface area contributed by atoms with Crippen molar-refractivity contribution in [2.24, 2.45) is 0 Å². The number of aryl methyl sites for hydroxylation is 4. The van der Waals surface area contributed by atoms with Gasteiger partial charge in [0.25, 0.3) is 0 Å². The summed E-state index contributed by atoms with van der Waals surface area (Å²) < 4.78 is 32.4. The van der Waals surface area contributed by atoms with Gasteiger partial charge in [-0.05, 0) is 84.3 Å². The van der Waals surface area contributed by atoms with E-state index in [0.29, 0.717) is 47.3 Å². The summed E-state index contributed by atoms with van der Waals surface area (Å²) in [5, 5.41) is 64.4. The number of phenols is 6. The highest BCUT2D eigenvalue weighted by Gasteiger charge is 2.25. The van der Waals surface area contributed by atoms with Gasteiger partial charge in [0.05, 0.1) is 42.7 Å². The molecule has 0 amide bonds. The van der Waals surface area contributed by atoms with Crippen LogP contribution in [-0.4, -0.2) is 73.3 Å². The maximum Gasteiger partial charge on any atom is 0.203 e. The summed E-state index contributed by atoms with van der Waals surface area (Å²) in [5.74, 6) is -1.51. The number of ether oxygens (including phenoxy) is 6. The molecule has 0 saturated heterocycles. The summed E-state index contributed by atoms with van der Waals surface area (Å²) in [4.78, 5) is 0. The molecule has 0 spiro atoms. The van der Waals surface area contributed by atoms with Crippen molar-refractivity contribution in [1.82, 2.24) is 0 Å². The Bertz CT molecular complexity index is 1550. The summed E-state index contributed by atoms with van der Waals surface area (Å²) in [7, 11) is 8.97. The predicted octanol–water partition coefficient (Wildman–Crippen LogP) is 5.21. The van der Waals surface area contributed by atoms with E-state index in [-0.39, 0.29) is 35.1 Å². The van der Waals surface area contributed by atoms with Crippen LogP contribution in [-0.2, 0) is 25.7 Å². The molecule has 0 heterocycles. The topological polar surface area (TPSA) is 177 Å². The van der Waals surface area contributed by atoms with Gasteiger partial charge >= 0.3 is 0 Å². The van der Waals surface area contributed by atoms with Gasteiger partial charge in [-0.25, -0.2) is 0 Å². The van der Waals surface area contributed by atoms with Crippen molar-refractivity contribution in [3.63, 3.8) is 0 Å². The van der Waals surface area contributed by atoms with Crippen LogP contribution in [0.5, 0.6) is 69.0 Å². The van der Waals surface area contributed by atoms with Crippen LogP contribution >= 0.6 is 0 Å². The van der Waals surface area contributed by atoms with Gasteiger partial charge < -0.3 is 59.1 Å². The van der Waals surface area contributed by atoms with Crippen LogP contribution in [0.3, 0.4) is 0 Å². The van der Waals surface area contributed by atoms with Crippen LogP contribution in [0.2, 0.25) is 0 Å². The zero-order chi connectivity index (χ0) is 33.7. The third-order valence-corrected chi connectivity index (χ3v) is 7.76. The molecule has 6 N–H and O–H groups in total. The van der Waals surface area contributed by atoms with Crippen molar-refractivity contribution in [2.45, 2.75) is 25.7 Å². The molecule has 12 nitrogen and oxygen atoms in total. The van der Waals surface area contributed by atoms with Gasteiger partial charge in [-0.2, -0.15) is 0 Å². The normalized spacial score (nSPS) is 10.8. The largest absolute Gasteiger partial charge is 0.504 e.